The van der Waals surface area contributed by atoms with Crippen LogP contribution < -0.4 is 0 Å². The van der Waals surface area contributed by atoms with E-state index in [-0.39, 0.29) is 24.3 Å². The van der Waals surface area contributed by atoms with Crippen molar-refractivity contribution in [3.63, 3.8) is 0 Å². The highest BCUT2D eigenvalue weighted by molar-refractivity contribution is 5.81. The lowest BCUT2D eigenvalue weighted by atomic mass is 9.81. The Morgan fingerprint density at radius 3 is 2.04 bits per heavy atom. The first-order chi connectivity index (χ1) is 10.9. The molecule has 0 unspecified atom stereocenters. The van der Waals surface area contributed by atoms with Crippen LogP contribution in [0.5, 0.6) is 0 Å². The smallest absolute Gasteiger partial charge is 0.131 e. The molecule has 1 N–H and O–H groups in total. The molecule has 122 valence electrons. The maximum Gasteiger partial charge on any atom is 0.131 e. The van der Waals surface area contributed by atoms with Gasteiger partial charge in [-0.05, 0) is 45.2 Å². The van der Waals surface area contributed by atoms with Gasteiger partial charge in [0.15, 0.2) is 0 Å². The maximum atomic E-state index is 15.2. The van der Waals surface area contributed by atoms with Crippen molar-refractivity contribution in [2.24, 2.45) is 0 Å². The van der Waals surface area contributed by atoms with Crippen LogP contribution in [0.3, 0.4) is 0 Å². The molecule has 0 heterocycles. The predicted octanol–water partition coefficient (Wildman–Crippen LogP) is 5.87. The van der Waals surface area contributed by atoms with Crippen LogP contribution in [-0.2, 0) is 6.61 Å². The molecule has 0 atom stereocenters. The standard InChI is InChI=1S/C21H25FO/c1-6-16-18(13(2)3)21(22)19(14(4)5)17(12-23)20(16)15-10-8-7-9-11-15/h6-11,13-14,23H,1,12H2,2-5H3. The fourth-order valence-corrected chi connectivity index (χ4v) is 3.30. The molecule has 0 aliphatic heterocycles. The first kappa shape index (κ1) is 17.4. The number of halogens is 1. The summed E-state index contributed by atoms with van der Waals surface area (Å²) in [5, 5.41) is 9.98. The second-order valence-corrected chi connectivity index (χ2v) is 6.45. The molecule has 0 saturated carbocycles. The maximum absolute atomic E-state index is 15.2. The van der Waals surface area contributed by atoms with E-state index in [0.29, 0.717) is 16.7 Å². The topological polar surface area (TPSA) is 20.2 Å². The van der Waals surface area contributed by atoms with Gasteiger partial charge in [0.25, 0.3) is 0 Å². The normalized spacial score (nSPS) is 11.3. The van der Waals surface area contributed by atoms with E-state index in [9.17, 15) is 5.11 Å². The third-order valence-corrected chi connectivity index (χ3v) is 4.24. The minimum atomic E-state index is -0.200. The number of hydrogen-bond donors (Lipinski definition) is 1. The van der Waals surface area contributed by atoms with Gasteiger partial charge < -0.3 is 5.11 Å². The average molecular weight is 312 g/mol. The van der Waals surface area contributed by atoms with Crippen molar-refractivity contribution >= 4 is 6.08 Å². The summed E-state index contributed by atoms with van der Waals surface area (Å²) >= 11 is 0. The summed E-state index contributed by atoms with van der Waals surface area (Å²) in [5.74, 6) is -0.166. The van der Waals surface area contributed by atoms with Crippen LogP contribution in [0.2, 0.25) is 0 Å². The SMILES string of the molecule is C=Cc1c(-c2ccccc2)c(CO)c(C(C)C)c(F)c1C(C)C. The minimum Gasteiger partial charge on any atom is -0.392 e. The Kier molecular flexibility index (Phi) is 5.38. The Hall–Kier alpha value is -1.93. The van der Waals surface area contributed by atoms with Crippen LogP contribution in [-0.4, -0.2) is 5.11 Å². The summed E-state index contributed by atoms with van der Waals surface area (Å²) in [6.07, 6.45) is 1.71. The van der Waals surface area contributed by atoms with E-state index in [2.05, 4.69) is 6.58 Å². The molecule has 2 aromatic rings. The highest BCUT2D eigenvalue weighted by Gasteiger charge is 2.25. The first-order valence-electron chi connectivity index (χ1n) is 8.10. The van der Waals surface area contributed by atoms with Gasteiger partial charge in [-0.3, -0.25) is 0 Å². The molecule has 2 aromatic carbocycles. The predicted molar refractivity (Wildman–Crippen MR) is 96.0 cm³/mol. The van der Waals surface area contributed by atoms with E-state index in [1.54, 1.807) is 6.08 Å². The van der Waals surface area contributed by atoms with E-state index in [1.165, 1.54) is 0 Å². The Bertz CT molecular complexity index is 700. The van der Waals surface area contributed by atoms with Crippen molar-refractivity contribution in [1.29, 1.82) is 0 Å². The highest BCUT2D eigenvalue weighted by atomic mass is 19.1. The van der Waals surface area contributed by atoms with Crippen LogP contribution in [0.4, 0.5) is 4.39 Å². The van der Waals surface area contributed by atoms with Gasteiger partial charge in [-0.25, -0.2) is 4.39 Å². The van der Waals surface area contributed by atoms with Gasteiger partial charge in [0, 0.05) is 0 Å². The van der Waals surface area contributed by atoms with Gasteiger partial charge in [0.2, 0.25) is 0 Å². The molecular formula is C21H25FO. The van der Waals surface area contributed by atoms with E-state index < -0.39 is 0 Å². The Labute approximate surface area is 138 Å². The van der Waals surface area contributed by atoms with Gasteiger partial charge >= 0.3 is 0 Å². The Morgan fingerprint density at radius 1 is 1.04 bits per heavy atom. The third kappa shape index (κ3) is 3.09. The lowest BCUT2D eigenvalue weighted by Crippen LogP contribution is -2.11. The molecule has 0 amide bonds. The molecule has 0 aliphatic rings. The molecule has 0 aromatic heterocycles. The second kappa shape index (κ2) is 7.10. The molecule has 0 aliphatic carbocycles. The fraction of sp³-hybridized carbons (Fsp3) is 0.333. The summed E-state index contributed by atoms with van der Waals surface area (Å²) in [7, 11) is 0. The summed E-state index contributed by atoms with van der Waals surface area (Å²) in [5.41, 5.74) is 4.63. The number of aliphatic hydroxyl groups is 1. The summed E-state index contributed by atoms with van der Waals surface area (Å²) in [4.78, 5) is 0. The molecule has 0 spiro atoms. The summed E-state index contributed by atoms with van der Waals surface area (Å²) in [6.45, 7) is 11.6. The largest absolute Gasteiger partial charge is 0.392 e. The molecule has 2 heteroatoms. The molecule has 0 fully saturated rings. The molecule has 23 heavy (non-hydrogen) atoms. The fourth-order valence-electron chi connectivity index (χ4n) is 3.30. The van der Waals surface area contributed by atoms with Crippen LogP contribution in [0.15, 0.2) is 36.9 Å². The molecule has 1 nitrogen and oxygen atoms in total. The molecule has 0 bridgehead atoms. The van der Waals surface area contributed by atoms with E-state index in [1.807, 2.05) is 58.0 Å². The molecule has 2 rings (SSSR count). The summed E-state index contributed by atoms with van der Waals surface area (Å²) in [6, 6.07) is 9.85. The van der Waals surface area contributed by atoms with Gasteiger partial charge in [0.1, 0.15) is 5.82 Å². The monoisotopic (exact) mass is 312 g/mol. The zero-order chi connectivity index (χ0) is 17.1. The van der Waals surface area contributed by atoms with Gasteiger partial charge in [0.05, 0.1) is 6.61 Å². The number of aliphatic hydroxyl groups excluding tert-OH is 1. The van der Waals surface area contributed by atoms with Crippen molar-refractivity contribution in [3.05, 3.63) is 65.0 Å². The van der Waals surface area contributed by atoms with Crippen molar-refractivity contribution in [2.75, 3.05) is 0 Å². The van der Waals surface area contributed by atoms with Crippen molar-refractivity contribution in [2.45, 2.75) is 46.1 Å². The second-order valence-electron chi connectivity index (χ2n) is 6.45. The molecule has 0 radical (unpaired) electrons. The van der Waals surface area contributed by atoms with E-state index in [4.69, 9.17) is 0 Å². The number of rotatable bonds is 5. The Balaban J connectivity index is 3.01. The van der Waals surface area contributed by atoms with Gasteiger partial charge in [-0.15, -0.1) is 0 Å². The number of benzene rings is 2. The minimum absolute atomic E-state index is 0.00372. The quantitative estimate of drug-likeness (QED) is 0.731. The van der Waals surface area contributed by atoms with Gasteiger partial charge in [-0.1, -0.05) is 70.7 Å². The van der Waals surface area contributed by atoms with E-state index >= 15 is 4.39 Å². The summed E-state index contributed by atoms with van der Waals surface area (Å²) < 4.78 is 15.2. The van der Waals surface area contributed by atoms with E-state index in [0.717, 1.165) is 16.7 Å². The zero-order valence-corrected chi connectivity index (χ0v) is 14.4. The molecule has 0 saturated heterocycles. The zero-order valence-electron chi connectivity index (χ0n) is 14.4. The van der Waals surface area contributed by atoms with Crippen molar-refractivity contribution in [1.82, 2.24) is 0 Å². The van der Waals surface area contributed by atoms with Crippen LogP contribution in [0, 0.1) is 5.82 Å². The van der Waals surface area contributed by atoms with Crippen LogP contribution in [0.1, 0.15) is 61.8 Å². The first-order valence-corrected chi connectivity index (χ1v) is 8.10. The van der Waals surface area contributed by atoms with Crippen molar-refractivity contribution in [3.8, 4) is 11.1 Å². The average Bonchev–Trinajstić information content (AvgIpc) is 2.53. The lowest BCUT2D eigenvalue weighted by Gasteiger charge is -2.25. The van der Waals surface area contributed by atoms with Crippen LogP contribution in [0.25, 0.3) is 17.2 Å². The van der Waals surface area contributed by atoms with Crippen molar-refractivity contribution < 1.29 is 9.50 Å². The molecular weight excluding hydrogens is 287 g/mol. The lowest BCUT2D eigenvalue weighted by molar-refractivity contribution is 0.279. The van der Waals surface area contributed by atoms with Gasteiger partial charge in [-0.2, -0.15) is 0 Å². The Morgan fingerprint density at radius 2 is 1.61 bits per heavy atom. The number of hydrogen-bond acceptors (Lipinski definition) is 1. The highest BCUT2D eigenvalue weighted by Crippen LogP contribution is 2.41. The third-order valence-electron chi connectivity index (χ3n) is 4.24. The van der Waals surface area contributed by atoms with Crippen LogP contribution >= 0.6 is 0 Å².